The largest absolute Gasteiger partial charge is 0.493 e. The second-order valence-electron chi connectivity index (χ2n) is 9.64. The third-order valence-electron chi connectivity index (χ3n) is 6.38. The van der Waals surface area contributed by atoms with Crippen LogP contribution in [0.25, 0.3) is 0 Å². The van der Waals surface area contributed by atoms with Crippen LogP contribution in [-0.4, -0.2) is 64.6 Å². The molecule has 1 aliphatic rings. The van der Waals surface area contributed by atoms with Crippen molar-refractivity contribution in [2.24, 2.45) is 0 Å². The van der Waals surface area contributed by atoms with Crippen molar-refractivity contribution >= 4 is 50.9 Å². The number of methoxy groups -OCH3 is 4. The van der Waals surface area contributed by atoms with Crippen molar-refractivity contribution in [2.75, 3.05) is 45.6 Å². The molecule has 0 bridgehead atoms. The molecular weight excluding hydrogens is 652 g/mol. The van der Waals surface area contributed by atoms with Crippen LogP contribution in [0.4, 0.5) is 11.4 Å². The molecule has 4 rings (SSSR count). The normalized spacial score (nSPS) is 18.0. The Morgan fingerprint density at radius 3 is 2.40 bits per heavy atom. The van der Waals surface area contributed by atoms with Gasteiger partial charge in [-0.2, -0.15) is 0 Å². The quantitative estimate of drug-likeness (QED) is 0.169. The summed E-state index contributed by atoms with van der Waals surface area (Å²) in [6.45, 7) is 3.30. The van der Waals surface area contributed by atoms with Gasteiger partial charge in [-0.1, -0.05) is 6.07 Å². The monoisotopic (exact) mass is 694 g/mol. The summed E-state index contributed by atoms with van der Waals surface area (Å²) >= 11 is 3.05. The van der Waals surface area contributed by atoms with Gasteiger partial charge >= 0.3 is 0 Å². The van der Waals surface area contributed by atoms with Crippen molar-refractivity contribution in [1.29, 1.82) is 0 Å². The molecule has 238 valence electrons. The Hall–Kier alpha value is -4.82. The van der Waals surface area contributed by atoms with Crippen LogP contribution in [0.3, 0.4) is 0 Å². The first-order valence-electron chi connectivity index (χ1n) is 18.1. The molecule has 0 radical (unpaired) electrons. The number of nitrogens with one attached hydrogen (secondary N) is 4. The molecule has 0 saturated carbocycles. The highest BCUT2D eigenvalue weighted by molar-refractivity contribution is 9.10. The van der Waals surface area contributed by atoms with Crippen molar-refractivity contribution in [3.05, 3.63) is 63.1 Å². The minimum absolute atomic E-state index is 0.135. The summed E-state index contributed by atoms with van der Waals surface area (Å²) in [4.78, 5) is 53.1. The fourth-order valence-corrected chi connectivity index (χ4v) is 4.99. The van der Waals surface area contributed by atoms with Gasteiger partial charge < -0.3 is 45.0 Å². The topological polar surface area (TPSA) is 163 Å². The SMILES string of the molecule is [2H]COCNC(=O)C[C@@H]1NC(=O)c2cc(Oc3cc(C)cc(C)c3)c(NC(=O)c3cc(OC([2H])([2H])[2H])c(OC([2H])([2H])[2H])c(OC([2H])([2H])[2H])c3Br)cc2NC1=O. The standard InChI is InChI=1S/C31H33BrN4O9/c1-15-7-16(2)9-17(8-15)45-23-10-18-20(34-31(40)22(36-29(18)38)13-25(37)33-14-41-3)12-21(23)35-30(39)19-11-24(42-4)27(43-5)28(44-6)26(19)32/h7-12,22H,13-14H2,1-6H3,(H,33,37)(H,34,40)(H,35,39)(H,36,38)/t22-/m0/s1/i3D,4D3,5D3,6D3. The third kappa shape index (κ3) is 7.46. The number of hydrogen-bond acceptors (Lipinski definition) is 9. The molecule has 1 aliphatic heterocycles. The van der Waals surface area contributed by atoms with Gasteiger partial charge in [0, 0.05) is 7.09 Å². The van der Waals surface area contributed by atoms with E-state index >= 15 is 0 Å². The number of halogens is 1. The van der Waals surface area contributed by atoms with Gasteiger partial charge in [-0.25, -0.2) is 0 Å². The van der Waals surface area contributed by atoms with Gasteiger partial charge in [0.2, 0.25) is 17.6 Å². The highest BCUT2D eigenvalue weighted by Gasteiger charge is 2.31. The Kier molecular flexibility index (Phi) is 6.93. The maximum absolute atomic E-state index is 14.1. The molecule has 3 aromatic rings. The highest BCUT2D eigenvalue weighted by Crippen LogP contribution is 2.45. The van der Waals surface area contributed by atoms with E-state index in [0.717, 1.165) is 17.2 Å². The van der Waals surface area contributed by atoms with Gasteiger partial charge in [0.15, 0.2) is 17.2 Å². The zero-order valence-electron chi connectivity index (χ0n) is 33.7. The van der Waals surface area contributed by atoms with Crippen molar-refractivity contribution in [3.63, 3.8) is 0 Å². The maximum Gasteiger partial charge on any atom is 0.257 e. The van der Waals surface area contributed by atoms with Crippen LogP contribution in [0.15, 0.2) is 40.9 Å². The van der Waals surface area contributed by atoms with Gasteiger partial charge in [-0.05, 0) is 71.2 Å². The lowest BCUT2D eigenvalue weighted by Gasteiger charge is -2.19. The zero-order chi connectivity index (χ0) is 41.0. The molecule has 13 nitrogen and oxygen atoms in total. The average Bonchev–Trinajstić information content (AvgIpc) is 3.13. The second-order valence-corrected chi connectivity index (χ2v) is 10.4. The van der Waals surface area contributed by atoms with Crippen LogP contribution in [0, 0.1) is 13.8 Å². The van der Waals surface area contributed by atoms with E-state index in [1.807, 2.05) is 6.07 Å². The number of anilines is 2. The second kappa shape index (κ2) is 14.3. The smallest absolute Gasteiger partial charge is 0.257 e. The predicted molar refractivity (Wildman–Crippen MR) is 169 cm³/mol. The molecule has 0 unspecified atom stereocenters. The number of carbonyl (C=O) groups is 4. The molecule has 3 aromatic carbocycles. The Labute approximate surface area is 282 Å². The first-order valence-corrected chi connectivity index (χ1v) is 13.7. The minimum Gasteiger partial charge on any atom is -0.493 e. The van der Waals surface area contributed by atoms with Crippen molar-refractivity contribution in [1.82, 2.24) is 10.6 Å². The average molecular weight is 696 g/mol. The molecular formula is C31H33BrN4O9. The molecule has 0 aromatic heterocycles. The first kappa shape index (κ1) is 21.8. The summed E-state index contributed by atoms with van der Waals surface area (Å²) in [6.07, 6.45) is -0.501. The van der Waals surface area contributed by atoms with Crippen LogP contribution >= 0.6 is 15.9 Å². The Bertz CT molecular complexity index is 1970. The van der Waals surface area contributed by atoms with E-state index in [1.54, 1.807) is 26.0 Å². The van der Waals surface area contributed by atoms with Gasteiger partial charge in [-0.15, -0.1) is 0 Å². The number of amides is 4. The summed E-state index contributed by atoms with van der Waals surface area (Å²) in [7, 11) is -10.2. The lowest BCUT2D eigenvalue weighted by Crippen LogP contribution is -2.44. The van der Waals surface area contributed by atoms with E-state index in [2.05, 4.69) is 37.2 Å². The van der Waals surface area contributed by atoms with E-state index in [4.69, 9.17) is 37.4 Å². The summed E-state index contributed by atoms with van der Waals surface area (Å²) in [5.41, 5.74) is 0.574. The van der Waals surface area contributed by atoms with Crippen molar-refractivity contribution < 1.29 is 56.6 Å². The van der Waals surface area contributed by atoms with Crippen molar-refractivity contribution in [3.8, 4) is 28.7 Å². The first-order chi connectivity index (χ1) is 25.4. The zero-order valence-corrected chi connectivity index (χ0v) is 25.3. The number of benzene rings is 3. The minimum atomic E-state index is -3.28. The lowest BCUT2D eigenvalue weighted by atomic mass is 10.1. The van der Waals surface area contributed by atoms with E-state index in [-0.39, 0.29) is 35.2 Å². The summed E-state index contributed by atoms with van der Waals surface area (Å²) in [5.74, 6) is -6.07. The number of aryl methyl sites for hydroxylation is 2. The van der Waals surface area contributed by atoms with Gasteiger partial charge in [0.1, 0.15) is 18.5 Å². The molecule has 4 N–H and O–H groups in total. The summed E-state index contributed by atoms with van der Waals surface area (Å²) in [6, 6.07) is 6.96. The predicted octanol–water partition coefficient (Wildman–Crippen LogP) is 4.30. The number of hydrogen-bond donors (Lipinski definition) is 4. The fraction of sp³-hybridized carbons (Fsp3) is 0.290. The van der Waals surface area contributed by atoms with E-state index < -0.39 is 91.6 Å². The summed E-state index contributed by atoms with van der Waals surface area (Å²) < 4.78 is 100. The Morgan fingerprint density at radius 2 is 1.69 bits per heavy atom. The van der Waals surface area contributed by atoms with E-state index in [1.165, 1.54) is 12.1 Å². The van der Waals surface area contributed by atoms with E-state index in [9.17, 15) is 19.2 Å². The maximum atomic E-state index is 14.1. The molecule has 0 saturated heterocycles. The van der Waals surface area contributed by atoms with Crippen LogP contribution in [-0.2, 0) is 14.3 Å². The van der Waals surface area contributed by atoms with Crippen LogP contribution in [0.5, 0.6) is 28.7 Å². The lowest BCUT2D eigenvalue weighted by molar-refractivity contribution is -0.126. The Balaban J connectivity index is 1.84. The number of ether oxygens (including phenoxy) is 5. The van der Waals surface area contributed by atoms with Crippen molar-refractivity contribution in [2.45, 2.75) is 26.3 Å². The van der Waals surface area contributed by atoms with Crippen LogP contribution in [0.1, 0.15) is 52.0 Å². The van der Waals surface area contributed by atoms with E-state index in [0.29, 0.717) is 0 Å². The molecule has 0 fully saturated rings. The Morgan fingerprint density at radius 1 is 0.956 bits per heavy atom. The molecule has 1 atom stereocenters. The van der Waals surface area contributed by atoms with Crippen LogP contribution < -0.4 is 40.2 Å². The summed E-state index contributed by atoms with van der Waals surface area (Å²) in [5, 5.41) is 9.88. The fourth-order valence-electron chi connectivity index (χ4n) is 4.44. The highest BCUT2D eigenvalue weighted by atomic mass is 79.9. The molecule has 0 spiro atoms. The molecule has 0 aliphatic carbocycles. The van der Waals surface area contributed by atoms with Gasteiger partial charge in [0.05, 0.1) is 68.2 Å². The van der Waals surface area contributed by atoms with Crippen LogP contribution in [0.2, 0.25) is 0 Å². The number of rotatable bonds is 11. The third-order valence-corrected chi connectivity index (χ3v) is 7.16. The molecule has 45 heavy (non-hydrogen) atoms. The number of fused-ring (bicyclic) bond motifs is 1. The molecule has 1 heterocycles. The molecule has 4 amide bonds. The van der Waals surface area contributed by atoms with Gasteiger partial charge in [-0.3, -0.25) is 19.2 Å². The molecule has 14 heteroatoms. The van der Waals surface area contributed by atoms with Gasteiger partial charge in [0.25, 0.3) is 11.8 Å². The number of carbonyl (C=O) groups excluding carboxylic acids is 4.